The SMILES string of the molecule is COC(=O)C(=O)/C=C(/O)c1cc(C)cc(C)c1OCC(C)C. The maximum absolute atomic E-state index is 11.6. The molecule has 1 N–H and O–H groups in total. The summed E-state index contributed by atoms with van der Waals surface area (Å²) < 4.78 is 10.1. The van der Waals surface area contributed by atoms with Gasteiger partial charge in [-0.05, 0) is 37.0 Å². The zero-order valence-corrected chi connectivity index (χ0v) is 13.6. The number of methoxy groups -OCH3 is 1. The van der Waals surface area contributed by atoms with Gasteiger partial charge in [0.25, 0.3) is 5.78 Å². The van der Waals surface area contributed by atoms with Crippen LogP contribution < -0.4 is 4.74 Å². The van der Waals surface area contributed by atoms with Gasteiger partial charge in [-0.15, -0.1) is 0 Å². The van der Waals surface area contributed by atoms with Crippen LogP contribution in [0, 0.1) is 19.8 Å². The van der Waals surface area contributed by atoms with Crippen molar-refractivity contribution in [3.8, 4) is 5.75 Å². The number of aliphatic hydroxyl groups is 1. The second-order valence-electron chi connectivity index (χ2n) is 5.55. The summed E-state index contributed by atoms with van der Waals surface area (Å²) in [5.41, 5.74) is 2.14. The van der Waals surface area contributed by atoms with E-state index in [2.05, 4.69) is 4.74 Å². The zero-order chi connectivity index (χ0) is 16.9. The van der Waals surface area contributed by atoms with Crippen LogP contribution in [-0.2, 0) is 14.3 Å². The Morgan fingerprint density at radius 2 is 1.91 bits per heavy atom. The maximum Gasteiger partial charge on any atom is 0.378 e. The van der Waals surface area contributed by atoms with E-state index in [1.54, 1.807) is 6.07 Å². The number of ketones is 1. The molecule has 22 heavy (non-hydrogen) atoms. The van der Waals surface area contributed by atoms with E-state index in [4.69, 9.17) is 4.74 Å². The molecule has 0 radical (unpaired) electrons. The Morgan fingerprint density at radius 1 is 1.27 bits per heavy atom. The van der Waals surface area contributed by atoms with E-state index >= 15 is 0 Å². The number of benzene rings is 1. The van der Waals surface area contributed by atoms with E-state index in [0.29, 0.717) is 23.8 Å². The van der Waals surface area contributed by atoms with Crippen LogP contribution in [0.3, 0.4) is 0 Å². The predicted octanol–water partition coefficient (Wildman–Crippen LogP) is 2.98. The highest BCUT2D eigenvalue weighted by atomic mass is 16.5. The smallest absolute Gasteiger partial charge is 0.378 e. The molecule has 0 aliphatic carbocycles. The highest BCUT2D eigenvalue weighted by Crippen LogP contribution is 2.30. The first-order valence-corrected chi connectivity index (χ1v) is 7.03. The van der Waals surface area contributed by atoms with Gasteiger partial charge in [-0.3, -0.25) is 4.79 Å². The Morgan fingerprint density at radius 3 is 2.45 bits per heavy atom. The Balaban J connectivity index is 3.23. The van der Waals surface area contributed by atoms with Crippen molar-refractivity contribution in [2.24, 2.45) is 5.92 Å². The average Bonchev–Trinajstić information content (AvgIpc) is 2.44. The molecule has 1 aromatic carbocycles. The van der Waals surface area contributed by atoms with Gasteiger partial charge in [0.1, 0.15) is 11.5 Å². The molecule has 0 fully saturated rings. The van der Waals surface area contributed by atoms with Crippen LogP contribution in [-0.4, -0.2) is 30.6 Å². The number of ether oxygens (including phenoxy) is 2. The molecule has 0 heterocycles. The first-order valence-electron chi connectivity index (χ1n) is 7.03. The molecular formula is C17H22O5. The van der Waals surface area contributed by atoms with Crippen molar-refractivity contribution < 1.29 is 24.2 Å². The van der Waals surface area contributed by atoms with Crippen molar-refractivity contribution in [1.29, 1.82) is 0 Å². The van der Waals surface area contributed by atoms with Crippen LogP contribution in [0.1, 0.15) is 30.5 Å². The Hall–Kier alpha value is -2.30. The van der Waals surface area contributed by atoms with E-state index in [1.165, 1.54) is 0 Å². The molecule has 0 aliphatic rings. The third kappa shape index (κ3) is 4.62. The average molecular weight is 306 g/mol. The van der Waals surface area contributed by atoms with Gasteiger partial charge in [0, 0.05) is 6.08 Å². The molecule has 0 unspecified atom stereocenters. The third-order valence-corrected chi connectivity index (χ3v) is 2.91. The highest BCUT2D eigenvalue weighted by molar-refractivity contribution is 6.39. The normalized spacial score (nSPS) is 11.5. The van der Waals surface area contributed by atoms with Crippen LogP contribution in [0.2, 0.25) is 0 Å². The topological polar surface area (TPSA) is 72.8 Å². The number of hydrogen-bond acceptors (Lipinski definition) is 5. The minimum atomic E-state index is -1.03. The number of hydrogen-bond donors (Lipinski definition) is 1. The van der Waals surface area contributed by atoms with Gasteiger partial charge in [0.2, 0.25) is 0 Å². The van der Waals surface area contributed by atoms with E-state index in [0.717, 1.165) is 24.3 Å². The number of esters is 1. The van der Waals surface area contributed by atoms with Crippen LogP contribution in [0.5, 0.6) is 5.75 Å². The fourth-order valence-electron chi connectivity index (χ4n) is 1.95. The first kappa shape index (κ1) is 17.8. The first-order chi connectivity index (χ1) is 10.3. The lowest BCUT2D eigenvalue weighted by molar-refractivity contribution is -0.149. The molecule has 0 amide bonds. The van der Waals surface area contributed by atoms with Crippen molar-refractivity contribution >= 4 is 17.5 Å². The number of carbonyl (C=O) groups is 2. The minimum absolute atomic E-state index is 0.316. The van der Waals surface area contributed by atoms with E-state index < -0.39 is 11.8 Å². The highest BCUT2D eigenvalue weighted by Gasteiger charge is 2.17. The maximum atomic E-state index is 11.6. The number of rotatable bonds is 6. The Labute approximate surface area is 130 Å². The van der Waals surface area contributed by atoms with Crippen molar-refractivity contribution in [3.05, 3.63) is 34.9 Å². The molecular weight excluding hydrogens is 284 g/mol. The molecule has 0 bridgehead atoms. The summed E-state index contributed by atoms with van der Waals surface area (Å²) in [6.07, 6.45) is 0.849. The zero-order valence-electron chi connectivity index (χ0n) is 13.6. The summed E-state index contributed by atoms with van der Waals surface area (Å²) >= 11 is 0. The molecule has 0 aromatic heterocycles. The van der Waals surface area contributed by atoms with Crippen molar-refractivity contribution in [1.82, 2.24) is 0 Å². The van der Waals surface area contributed by atoms with Crippen LogP contribution in [0.25, 0.3) is 5.76 Å². The van der Waals surface area contributed by atoms with E-state index in [1.807, 2.05) is 33.8 Å². The third-order valence-electron chi connectivity index (χ3n) is 2.91. The predicted molar refractivity (Wildman–Crippen MR) is 83.9 cm³/mol. The molecule has 5 heteroatoms. The van der Waals surface area contributed by atoms with E-state index in [9.17, 15) is 14.7 Å². The number of carbonyl (C=O) groups excluding carboxylic acids is 2. The Bertz CT molecular complexity index is 599. The van der Waals surface area contributed by atoms with Crippen molar-refractivity contribution in [2.75, 3.05) is 13.7 Å². The van der Waals surface area contributed by atoms with Gasteiger partial charge in [0.05, 0.1) is 19.3 Å². The van der Waals surface area contributed by atoms with Crippen molar-refractivity contribution in [3.63, 3.8) is 0 Å². The van der Waals surface area contributed by atoms with E-state index in [-0.39, 0.29) is 5.76 Å². The van der Waals surface area contributed by atoms with Crippen molar-refractivity contribution in [2.45, 2.75) is 27.7 Å². The summed E-state index contributed by atoms with van der Waals surface area (Å²) in [7, 11) is 1.11. The molecule has 5 nitrogen and oxygen atoms in total. The summed E-state index contributed by atoms with van der Waals surface area (Å²) in [5.74, 6) is -1.45. The van der Waals surface area contributed by atoms with Gasteiger partial charge in [-0.25, -0.2) is 4.79 Å². The molecule has 120 valence electrons. The molecule has 0 atom stereocenters. The molecule has 1 rings (SSSR count). The molecule has 0 saturated carbocycles. The summed E-state index contributed by atoms with van der Waals surface area (Å²) in [6, 6.07) is 3.63. The fourth-order valence-corrected chi connectivity index (χ4v) is 1.95. The molecule has 0 aliphatic heterocycles. The van der Waals surface area contributed by atoms with Crippen LogP contribution >= 0.6 is 0 Å². The van der Waals surface area contributed by atoms with Crippen LogP contribution in [0.4, 0.5) is 0 Å². The largest absolute Gasteiger partial charge is 0.507 e. The summed E-state index contributed by atoms with van der Waals surface area (Å²) in [5, 5.41) is 10.2. The van der Waals surface area contributed by atoms with Crippen LogP contribution in [0.15, 0.2) is 18.2 Å². The lowest BCUT2D eigenvalue weighted by Gasteiger charge is -2.16. The molecule has 0 spiro atoms. The lowest BCUT2D eigenvalue weighted by atomic mass is 10.0. The Kier molecular flexibility index (Phi) is 6.16. The van der Waals surface area contributed by atoms with Gasteiger partial charge < -0.3 is 14.6 Å². The minimum Gasteiger partial charge on any atom is -0.507 e. The second-order valence-corrected chi connectivity index (χ2v) is 5.55. The molecule has 0 saturated heterocycles. The second kappa shape index (κ2) is 7.64. The van der Waals surface area contributed by atoms with Gasteiger partial charge >= 0.3 is 5.97 Å². The standard InChI is InChI=1S/C17H22O5/c1-10(2)9-22-16-12(4)6-11(3)7-13(16)14(18)8-15(19)17(20)21-5/h6-8,10,18H,9H2,1-5H3/b14-8+. The fraction of sp³-hybridized carbons (Fsp3) is 0.412. The number of aryl methyl sites for hydroxylation is 2. The monoisotopic (exact) mass is 306 g/mol. The van der Waals surface area contributed by atoms with Gasteiger partial charge in [-0.1, -0.05) is 19.9 Å². The quantitative estimate of drug-likeness (QED) is 0.378. The number of aliphatic hydroxyl groups excluding tert-OH is 1. The molecule has 1 aromatic rings. The van der Waals surface area contributed by atoms with Gasteiger partial charge in [0.15, 0.2) is 0 Å². The summed E-state index contributed by atoms with van der Waals surface area (Å²) in [6.45, 7) is 8.24. The van der Waals surface area contributed by atoms with Gasteiger partial charge in [-0.2, -0.15) is 0 Å². The summed E-state index contributed by atoms with van der Waals surface area (Å²) in [4.78, 5) is 22.7. The lowest BCUT2D eigenvalue weighted by Crippen LogP contribution is -2.13.